The van der Waals surface area contributed by atoms with Crippen LogP contribution in [0.4, 0.5) is 5.82 Å². The molecule has 2 atom stereocenters. The van der Waals surface area contributed by atoms with Gasteiger partial charge in [-0.25, -0.2) is 10.8 Å². The van der Waals surface area contributed by atoms with Crippen LogP contribution in [0, 0.1) is 11.8 Å². The number of hydrazine groups is 1. The smallest absolute Gasteiger partial charge is 0.254 e. The molecule has 1 amide bonds. The summed E-state index contributed by atoms with van der Waals surface area (Å²) in [4.78, 5) is 18.6. The number of aromatic nitrogens is 1. The second-order valence-electron chi connectivity index (χ2n) is 5.68. The van der Waals surface area contributed by atoms with Gasteiger partial charge in [0.25, 0.3) is 5.91 Å². The van der Waals surface area contributed by atoms with Crippen LogP contribution < -0.4 is 11.3 Å². The molecule has 0 radical (unpaired) electrons. The van der Waals surface area contributed by atoms with Crippen molar-refractivity contribution in [3.8, 4) is 0 Å². The SMILES string of the molecule is NNc1cc(C(=O)N2CC3CCCC(C3)C2)ccn1. The summed E-state index contributed by atoms with van der Waals surface area (Å²) in [6.07, 6.45) is 6.79. The van der Waals surface area contributed by atoms with Gasteiger partial charge in [0.2, 0.25) is 0 Å². The number of nitrogens with one attached hydrogen (secondary N) is 1. The molecule has 1 saturated heterocycles. The van der Waals surface area contributed by atoms with Crippen molar-refractivity contribution in [2.24, 2.45) is 17.7 Å². The van der Waals surface area contributed by atoms with E-state index in [2.05, 4.69) is 10.4 Å². The maximum Gasteiger partial charge on any atom is 0.254 e. The fourth-order valence-electron chi connectivity index (χ4n) is 3.42. The Morgan fingerprint density at radius 3 is 2.79 bits per heavy atom. The second kappa shape index (κ2) is 5.17. The molecule has 1 aliphatic carbocycles. The van der Waals surface area contributed by atoms with E-state index in [1.54, 1.807) is 18.3 Å². The average Bonchev–Trinajstić information content (AvgIpc) is 2.46. The number of rotatable bonds is 2. The highest BCUT2D eigenvalue weighted by Crippen LogP contribution is 2.34. The number of nitrogens with two attached hydrogens (primary N) is 1. The maximum absolute atomic E-state index is 12.5. The molecule has 2 aliphatic rings. The van der Waals surface area contributed by atoms with Gasteiger partial charge in [0.15, 0.2) is 0 Å². The minimum absolute atomic E-state index is 0.107. The number of anilines is 1. The quantitative estimate of drug-likeness (QED) is 0.626. The number of piperidine rings is 1. The van der Waals surface area contributed by atoms with E-state index in [1.807, 2.05) is 4.90 Å². The van der Waals surface area contributed by atoms with Crippen molar-refractivity contribution in [3.63, 3.8) is 0 Å². The topological polar surface area (TPSA) is 71.2 Å². The van der Waals surface area contributed by atoms with Gasteiger partial charge in [0, 0.05) is 24.8 Å². The lowest BCUT2D eigenvalue weighted by Gasteiger charge is -2.41. The molecule has 1 aromatic rings. The Kier molecular flexibility index (Phi) is 3.38. The van der Waals surface area contributed by atoms with Crippen LogP contribution >= 0.6 is 0 Å². The van der Waals surface area contributed by atoms with E-state index in [1.165, 1.54) is 25.7 Å². The highest BCUT2D eigenvalue weighted by molar-refractivity contribution is 5.94. The van der Waals surface area contributed by atoms with Gasteiger partial charge >= 0.3 is 0 Å². The maximum atomic E-state index is 12.5. The number of hydrogen-bond acceptors (Lipinski definition) is 4. The molecule has 0 spiro atoms. The molecule has 2 unspecified atom stereocenters. The van der Waals surface area contributed by atoms with Crippen LogP contribution in [-0.2, 0) is 0 Å². The number of amides is 1. The van der Waals surface area contributed by atoms with Gasteiger partial charge in [-0.1, -0.05) is 6.42 Å². The average molecular weight is 260 g/mol. The zero-order valence-electron chi connectivity index (χ0n) is 11.0. The number of likely N-dealkylation sites (tertiary alicyclic amines) is 1. The van der Waals surface area contributed by atoms with Gasteiger partial charge in [-0.15, -0.1) is 0 Å². The van der Waals surface area contributed by atoms with Crippen molar-refractivity contribution in [2.75, 3.05) is 18.5 Å². The fraction of sp³-hybridized carbons (Fsp3) is 0.571. The molecule has 5 nitrogen and oxygen atoms in total. The Balaban J connectivity index is 1.76. The minimum Gasteiger partial charge on any atom is -0.338 e. The third kappa shape index (κ3) is 2.56. The lowest BCUT2D eigenvalue weighted by Crippen LogP contribution is -2.45. The summed E-state index contributed by atoms with van der Waals surface area (Å²) < 4.78 is 0. The van der Waals surface area contributed by atoms with E-state index in [4.69, 9.17) is 5.84 Å². The number of fused-ring (bicyclic) bond motifs is 2. The van der Waals surface area contributed by atoms with E-state index in [9.17, 15) is 4.79 Å². The summed E-state index contributed by atoms with van der Waals surface area (Å²) in [5.41, 5.74) is 3.15. The van der Waals surface area contributed by atoms with Crippen LogP contribution in [-0.4, -0.2) is 28.9 Å². The van der Waals surface area contributed by atoms with E-state index in [0.29, 0.717) is 23.2 Å². The van der Waals surface area contributed by atoms with E-state index < -0.39 is 0 Å². The zero-order valence-corrected chi connectivity index (χ0v) is 11.0. The molecule has 19 heavy (non-hydrogen) atoms. The number of hydrogen-bond donors (Lipinski definition) is 2. The van der Waals surface area contributed by atoms with E-state index in [0.717, 1.165) is 13.1 Å². The number of carbonyl (C=O) groups excluding carboxylic acids is 1. The second-order valence-corrected chi connectivity index (χ2v) is 5.68. The monoisotopic (exact) mass is 260 g/mol. The van der Waals surface area contributed by atoms with Crippen molar-refractivity contribution in [3.05, 3.63) is 23.9 Å². The van der Waals surface area contributed by atoms with Crippen LogP contribution in [0.1, 0.15) is 36.0 Å². The molecule has 1 aliphatic heterocycles. The van der Waals surface area contributed by atoms with Gasteiger partial charge < -0.3 is 10.3 Å². The molecule has 2 heterocycles. The predicted molar refractivity (Wildman–Crippen MR) is 73.4 cm³/mol. The molecule has 1 aromatic heterocycles. The third-order valence-corrected chi connectivity index (χ3v) is 4.29. The molecule has 1 saturated carbocycles. The molecule has 102 valence electrons. The summed E-state index contributed by atoms with van der Waals surface area (Å²) in [5, 5.41) is 0. The molecule has 2 bridgehead atoms. The summed E-state index contributed by atoms with van der Waals surface area (Å²) in [7, 11) is 0. The Morgan fingerprint density at radius 2 is 2.11 bits per heavy atom. The van der Waals surface area contributed by atoms with Crippen LogP contribution in [0.2, 0.25) is 0 Å². The highest BCUT2D eigenvalue weighted by Gasteiger charge is 2.32. The molecular formula is C14H20N4O. The first-order valence-electron chi connectivity index (χ1n) is 6.98. The highest BCUT2D eigenvalue weighted by atomic mass is 16.2. The number of nitrogen functional groups attached to an aromatic ring is 1. The van der Waals surface area contributed by atoms with Crippen molar-refractivity contribution in [1.29, 1.82) is 0 Å². The van der Waals surface area contributed by atoms with Crippen LogP contribution in [0.5, 0.6) is 0 Å². The standard InChI is InChI=1S/C14H20N4O/c15-17-13-7-12(4-5-16-13)14(19)18-8-10-2-1-3-11(6-10)9-18/h4-5,7,10-11H,1-3,6,8-9,15H2,(H,16,17). The molecule has 3 rings (SSSR count). The van der Waals surface area contributed by atoms with Crippen LogP contribution in [0.25, 0.3) is 0 Å². The first-order chi connectivity index (χ1) is 9.26. The molecular weight excluding hydrogens is 240 g/mol. The van der Waals surface area contributed by atoms with Gasteiger partial charge in [0.05, 0.1) is 0 Å². The molecule has 5 heteroatoms. The fourth-order valence-corrected chi connectivity index (χ4v) is 3.42. The zero-order chi connectivity index (χ0) is 13.2. The van der Waals surface area contributed by atoms with Crippen molar-refractivity contribution in [1.82, 2.24) is 9.88 Å². The van der Waals surface area contributed by atoms with Gasteiger partial charge in [0.1, 0.15) is 5.82 Å². The molecule has 2 fully saturated rings. The molecule has 0 aromatic carbocycles. The van der Waals surface area contributed by atoms with Crippen molar-refractivity contribution in [2.45, 2.75) is 25.7 Å². The lowest BCUT2D eigenvalue weighted by atomic mass is 9.78. The minimum atomic E-state index is 0.107. The van der Waals surface area contributed by atoms with Gasteiger partial charge in [-0.05, 0) is 43.2 Å². The first kappa shape index (κ1) is 12.4. The van der Waals surface area contributed by atoms with E-state index >= 15 is 0 Å². The Labute approximate surface area is 113 Å². The summed E-state index contributed by atoms with van der Waals surface area (Å²) in [6.45, 7) is 1.81. The molecule has 3 N–H and O–H groups in total. The largest absolute Gasteiger partial charge is 0.338 e. The Hall–Kier alpha value is -1.62. The van der Waals surface area contributed by atoms with Crippen molar-refractivity contribution >= 4 is 11.7 Å². The van der Waals surface area contributed by atoms with Crippen LogP contribution in [0.15, 0.2) is 18.3 Å². The summed E-state index contributed by atoms with van der Waals surface area (Å²) in [6, 6.07) is 3.47. The third-order valence-electron chi connectivity index (χ3n) is 4.29. The van der Waals surface area contributed by atoms with Crippen LogP contribution in [0.3, 0.4) is 0 Å². The summed E-state index contributed by atoms with van der Waals surface area (Å²) >= 11 is 0. The summed E-state index contributed by atoms with van der Waals surface area (Å²) in [5.74, 6) is 7.37. The number of pyridine rings is 1. The normalized spacial score (nSPS) is 26.1. The predicted octanol–water partition coefficient (Wildman–Crippen LogP) is 1.63. The van der Waals surface area contributed by atoms with Crippen molar-refractivity contribution < 1.29 is 4.79 Å². The van der Waals surface area contributed by atoms with E-state index in [-0.39, 0.29) is 5.91 Å². The van der Waals surface area contributed by atoms with Gasteiger partial charge in [-0.2, -0.15) is 0 Å². The number of carbonyl (C=O) groups is 1. The Bertz CT molecular complexity index is 464. The number of nitrogens with zero attached hydrogens (tertiary/aromatic N) is 2. The lowest BCUT2D eigenvalue weighted by molar-refractivity contribution is 0.0504. The van der Waals surface area contributed by atoms with Gasteiger partial charge in [-0.3, -0.25) is 4.79 Å². The Morgan fingerprint density at radius 1 is 1.37 bits per heavy atom. The first-order valence-corrected chi connectivity index (χ1v) is 6.98.